The SMILES string of the molecule is CCN(CCc1ccccc1)CC(C)C(N)=S. The second-order valence-corrected chi connectivity index (χ2v) is 4.90. The zero-order valence-corrected chi connectivity index (χ0v) is 11.5. The van der Waals surface area contributed by atoms with Crippen LogP contribution in [0, 0.1) is 5.92 Å². The number of thiocarbonyl (C=S) groups is 1. The van der Waals surface area contributed by atoms with E-state index >= 15 is 0 Å². The first-order valence-electron chi connectivity index (χ1n) is 6.19. The van der Waals surface area contributed by atoms with Crippen LogP contribution in [0.25, 0.3) is 0 Å². The van der Waals surface area contributed by atoms with Crippen LogP contribution in [0.15, 0.2) is 30.3 Å². The van der Waals surface area contributed by atoms with E-state index < -0.39 is 0 Å². The lowest BCUT2D eigenvalue weighted by atomic mass is 10.1. The van der Waals surface area contributed by atoms with Crippen molar-refractivity contribution in [2.75, 3.05) is 19.6 Å². The van der Waals surface area contributed by atoms with Crippen LogP contribution in [0.5, 0.6) is 0 Å². The van der Waals surface area contributed by atoms with E-state index in [1.807, 2.05) is 0 Å². The highest BCUT2D eigenvalue weighted by molar-refractivity contribution is 7.80. The number of nitrogens with two attached hydrogens (primary N) is 1. The van der Waals surface area contributed by atoms with Crippen molar-refractivity contribution in [3.8, 4) is 0 Å². The molecule has 0 aliphatic rings. The zero-order chi connectivity index (χ0) is 12.7. The van der Waals surface area contributed by atoms with Gasteiger partial charge in [-0.3, -0.25) is 0 Å². The number of rotatable bonds is 7. The summed E-state index contributed by atoms with van der Waals surface area (Å²) in [7, 11) is 0. The number of hydrogen-bond acceptors (Lipinski definition) is 2. The molecule has 0 bridgehead atoms. The Balaban J connectivity index is 2.40. The lowest BCUT2D eigenvalue weighted by Gasteiger charge is -2.23. The van der Waals surface area contributed by atoms with E-state index in [0.29, 0.717) is 10.9 Å². The summed E-state index contributed by atoms with van der Waals surface area (Å²) in [5.74, 6) is 0.292. The maximum atomic E-state index is 5.65. The van der Waals surface area contributed by atoms with Gasteiger partial charge in [0.25, 0.3) is 0 Å². The fourth-order valence-corrected chi connectivity index (χ4v) is 1.86. The average Bonchev–Trinajstić information content (AvgIpc) is 2.35. The standard InChI is InChI=1S/C14H22N2S/c1-3-16(11-12(2)14(15)17)10-9-13-7-5-4-6-8-13/h4-8,12H,3,9-11H2,1-2H3,(H2,15,17). The van der Waals surface area contributed by atoms with Crippen LogP contribution >= 0.6 is 12.2 Å². The highest BCUT2D eigenvalue weighted by atomic mass is 32.1. The van der Waals surface area contributed by atoms with Crippen LogP contribution in [0.1, 0.15) is 19.4 Å². The lowest BCUT2D eigenvalue weighted by Crippen LogP contribution is -2.35. The Bertz CT molecular complexity index is 337. The van der Waals surface area contributed by atoms with Crippen molar-refractivity contribution in [1.82, 2.24) is 4.90 Å². The van der Waals surface area contributed by atoms with E-state index in [9.17, 15) is 0 Å². The molecule has 0 amide bonds. The second kappa shape index (κ2) is 7.41. The minimum atomic E-state index is 0.292. The van der Waals surface area contributed by atoms with Crippen molar-refractivity contribution in [2.24, 2.45) is 11.7 Å². The smallest absolute Gasteiger partial charge is 0.0768 e. The van der Waals surface area contributed by atoms with Gasteiger partial charge in [0.1, 0.15) is 0 Å². The number of nitrogens with zero attached hydrogens (tertiary/aromatic N) is 1. The van der Waals surface area contributed by atoms with E-state index in [4.69, 9.17) is 18.0 Å². The van der Waals surface area contributed by atoms with E-state index in [-0.39, 0.29) is 0 Å². The monoisotopic (exact) mass is 250 g/mol. The maximum absolute atomic E-state index is 5.65. The van der Waals surface area contributed by atoms with Gasteiger partial charge in [0.15, 0.2) is 0 Å². The molecule has 2 nitrogen and oxygen atoms in total. The molecule has 0 saturated heterocycles. The van der Waals surface area contributed by atoms with Crippen molar-refractivity contribution in [1.29, 1.82) is 0 Å². The predicted molar refractivity (Wildman–Crippen MR) is 78.2 cm³/mol. The van der Waals surface area contributed by atoms with Crippen molar-refractivity contribution >= 4 is 17.2 Å². The summed E-state index contributed by atoms with van der Waals surface area (Å²) in [5.41, 5.74) is 7.03. The molecule has 17 heavy (non-hydrogen) atoms. The van der Waals surface area contributed by atoms with Gasteiger partial charge in [0, 0.05) is 19.0 Å². The van der Waals surface area contributed by atoms with E-state index in [1.165, 1.54) is 5.56 Å². The Morgan fingerprint density at radius 3 is 2.53 bits per heavy atom. The van der Waals surface area contributed by atoms with Crippen LogP contribution in [0.3, 0.4) is 0 Å². The summed E-state index contributed by atoms with van der Waals surface area (Å²) in [6.07, 6.45) is 1.08. The molecule has 0 fully saturated rings. The average molecular weight is 250 g/mol. The van der Waals surface area contributed by atoms with Crippen molar-refractivity contribution in [2.45, 2.75) is 20.3 Å². The molecule has 0 aliphatic carbocycles. The molecule has 0 spiro atoms. The largest absolute Gasteiger partial charge is 0.393 e. The molecule has 1 unspecified atom stereocenters. The summed E-state index contributed by atoms with van der Waals surface area (Å²) in [6.45, 7) is 7.33. The molecular weight excluding hydrogens is 228 g/mol. The lowest BCUT2D eigenvalue weighted by molar-refractivity contribution is 0.275. The third kappa shape index (κ3) is 5.29. The Kier molecular flexibility index (Phi) is 6.16. The third-order valence-electron chi connectivity index (χ3n) is 3.02. The quantitative estimate of drug-likeness (QED) is 0.754. The highest BCUT2D eigenvalue weighted by Crippen LogP contribution is 2.04. The second-order valence-electron chi connectivity index (χ2n) is 4.43. The third-order valence-corrected chi connectivity index (χ3v) is 3.43. The molecule has 2 N–H and O–H groups in total. The Morgan fingerprint density at radius 1 is 1.35 bits per heavy atom. The van der Waals surface area contributed by atoms with E-state index in [0.717, 1.165) is 26.1 Å². The molecule has 1 aromatic rings. The zero-order valence-electron chi connectivity index (χ0n) is 10.7. The van der Waals surface area contributed by atoms with Gasteiger partial charge in [-0.05, 0) is 18.5 Å². The summed E-state index contributed by atoms with van der Waals surface area (Å²) in [6, 6.07) is 10.6. The van der Waals surface area contributed by atoms with Crippen LogP contribution in [-0.2, 0) is 6.42 Å². The normalized spacial score (nSPS) is 12.6. The molecule has 94 valence electrons. The number of hydrogen-bond donors (Lipinski definition) is 1. The summed E-state index contributed by atoms with van der Waals surface area (Å²) in [4.78, 5) is 3.01. The maximum Gasteiger partial charge on any atom is 0.0768 e. The van der Waals surface area contributed by atoms with Gasteiger partial charge in [-0.25, -0.2) is 0 Å². The molecule has 1 atom stereocenters. The molecule has 1 aromatic carbocycles. The minimum Gasteiger partial charge on any atom is -0.393 e. The molecule has 0 aromatic heterocycles. The van der Waals surface area contributed by atoms with Crippen LogP contribution in [-0.4, -0.2) is 29.5 Å². The summed E-state index contributed by atoms with van der Waals surface area (Å²) < 4.78 is 0. The van der Waals surface area contributed by atoms with Crippen molar-refractivity contribution in [3.05, 3.63) is 35.9 Å². The summed E-state index contributed by atoms with van der Waals surface area (Å²) in [5, 5.41) is 0. The molecule has 1 rings (SSSR count). The topological polar surface area (TPSA) is 29.3 Å². The fourth-order valence-electron chi connectivity index (χ4n) is 1.79. The molecule has 0 saturated carbocycles. The molecule has 0 radical (unpaired) electrons. The van der Waals surface area contributed by atoms with Crippen molar-refractivity contribution in [3.63, 3.8) is 0 Å². The van der Waals surface area contributed by atoms with Crippen molar-refractivity contribution < 1.29 is 0 Å². The van der Waals surface area contributed by atoms with Gasteiger partial charge in [0.05, 0.1) is 4.99 Å². The van der Waals surface area contributed by atoms with E-state index in [2.05, 4.69) is 49.1 Å². The van der Waals surface area contributed by atoms with Gasteiger partial charge < -0.3 is 10.6 Å². The van der Waals surface area contributed by atoms with Crippen LogP contribution in [0.2, 0.25) is 0 Å². The molecule has 3 heteroatoms. The Labute approximate surface area is 110 Å². The van der Waals surface area contributed by atoms with Gasteiger partial charge in [-0.15, -0.1) is 0 Å². The first kappa shape index (κ1) is 14.1. The first-order valence-corrected chi connectivity index (χ1v) is 6.60. The fraction of sp³-hybridized carbons (Fsp3) is 0.500. The Hall–Kier alpha value is -0.930. The number of likely N-dealkylation sites (N-methyl/N-ethyl adjacent to an activating group) is 1. The Morgan fingerprint density at radius 2 is 2.00 bits per heavy atom. The van der Waals surface area contributed by atoms with Gasteiger partial charge in [0.2, 0.25) is 0 Å². The van der Waals surface area contributed by atoms with Gasteiger partial charge in [-0.2, -0.15) is 0 Å². The molecule has 0 aliphatic heterocycles. The van der Waals surface area contributed by atoms with E-state index in [1.54, 1.807) is 0 Å². The number of benzene rings is 1. The van der Waals surface area contributed by atoms with Gasteiger partial charge in [-0.1, -0.05) is 56.4 Å². The predicted octanol–water partition coefficient (Wildman–Crippen LogP) is 2.47. The minimum absolute atomic E-state index is 0.292. The van der Waals surface area contributed by atoms with Gasteiger partial charge >= 0.3 is 0 Å². The molecule has 0 heterocycles. The first-order chi connectivity index (χ1) is 8.13. The highest BCUT2D eigenvalue weighted by Gasteiger charge is 2.10. The van der Waals surface area contributed by atoms with Crippen LogP contribution < -0.4 is 5.73 Å². The summed E-state index contributed by atoms with van der Waals surface area (Å²) >= 11 is 5.01. The van der Waals surface area contributed by atoms with Crippen LogP contribution in [0.4, 0.5) is 0 Å². The molecular formula is C14H22N2S.